The molecule has 1 fully saturated rings. The lowest BCUT2D eigenvalue weighted by atomic mass is 10.2. The predicted octanol–water partition coefficient (Wildman–Crippen LogP) is 1.97. The number of hydrogen-bond acceptors (Lipinski definition) is 4. The van der Waals surface area contributed by atoms with Crippen molar-refractivity contribution in [1.82, 2.24) is 0 Å². The third-order valence-electron chi connectivity index (χ3n) is 2.53. The van der Waals surface area contributed by atoms with Gasteiger partial charge in [0.05, 0.1) is 19.8 Å². The molecule has 0 spiro atoms. The molecule has 2 rings (SSSR count). The Morgan fingerprint density at radius 2 is 1.88 bits per heavy atom. The number of ether oxygens (including phenoxy) is 4. The van der Waals surface area contributed by atoms with Crippen LogP contribution in [0.15, 0.2) is 24.3 Å². The summed E-state index contributed by atoms with van der Waals surface area (Å²) < 4.78 is 21.1. The first kappa shape index (κ1) is 12.4. The van der Waals surface area contributed by atoms with Crippen LogP contribution in [0.2, 0.25) is 0 Å². The van der Waals surface area contributed by atoms with Crippen LogP contribution in [0.4, 0.5) is 0 Å². The Balaban J connectivity index is 1.73. The first-order chi connectivity index (χ1) is 8.29. The van der Waals surface area contributed by atoms with Crippen LogP contribution in [0.3, 0.4) is 0 Å². The van der Waals surface area contributed by atoms with Crippen LogP contribution in [0, 0.1) is 0 Å². The van der Waals surface area contributed by atoms with Crippen molar-refractivity contribution >= 4 is 0 Å². The molecule has 0 aliphatic carbocycles. The molecule has 2 unspecified atom stereocenters. The number of rotatable bonds is 7. The summed E-state index contributed by atoms with van der Waals surface area (Å²) in [7, 11) is 1.66. The average Bonchev–Trinajstić information content (AvgIpc) is 3.03. The van der Waals surface area contributed by atoms with E-state index in [4.69, 9.17) is 18.9 Å². The highest BCUT2D eigenvalue weighted by molar-refractivity contribution is 5.27. The van der Waals surface area contributed by atoms with E-state index in [1.54, 1.807) is 7.11 Å². The molecule has 17 heavy (non-hydrogen) atoms. The summed E-state index contributed by atoms with van der Waals surface area (Å²) >= 11 is 0. The lowest BCUT2D eigenvalue weighted by molar-refractivity contribution is 0.0616. The van der Waals surface area contributed by atoms with Gasteiger partial charge in [-0.3, -0.25) is 0 Å². The van der Waals surface area contributed by atoms with E-state index in [1.807, 2.05) is 31.2 Å². The Labute approximate surface area is 101 Å². The van der Waals surface area contributed by atoms with Gasteiger partial charge in [0, 0.05) is 7.11 Å². The summed E-state index contributed by atoms with van der Waals surface area (Å²) in [5.41, 5.74) is 1.12. The molecular formula is C13H18O4. The predicted molar refractivity (Wildman–Crippen MR) is 62.9 cm³/mol. The summed E-state index contributed by atoms with van der Waals surface area (Å²) in [6, 6.07) is 7.86. The Kier molecular flexibility index (Phi) is 4.36. The fraction of sp³-hybridized carbons (Fsp3) is 0.538. The molecule has 1 aliphatic rings. The topological polar surface area (TPSA) is 40.2 Å². The molecule has 0 aromatic heterocycles. The average molecular weight is 238 g/mol. The molecule has 1 saturated heterocycles. The van der Waals surface area contributed by atoms with E-state index in [1.165, 1.54) is 0 Å². The van der Waals surface area contributed by atoms with Gasteiger partial charge in [-0.05, 0) is 24.6 Å². The standard InChI is InChI=1S/C13H18O4/c1-10-13(16-10)17-12-5-3-11(4-6-12)9-15-8-7-14-2/h3-6,10,13H,7-9H2,1-2H3. The summed E-state index contributed by atoms with van der Waals surface area (Å²) in [4.78, 5) is 0. The molecule has 1 aliphatic heterocycles. The second-order valence-electron chi connectivity index (χ2n) is 4.02. The normalized spacial score (nSPS) is 22.5. The molecule has 0 N–H and O–H groups in total. The highest BCUT2D eigenvalue weighted by Gasteiger charge is 2.36. The fourth-order valence-electron chi connectivity index (χ4n) is 1.42. The lowest BCUT2D eigenvalue weighted by Gasteiger charge is -2.06. The van der Waals surface area contributed by atoms with E-state index in [0.29, 0.717) is 19.8 Å². The maximum atomic E-state index is 5.55. The van der Waals surface area contributed by atoms with Crippen LogP contribution in [0.1, 0.15) is 12.5 Å². The highest BCUT2D eigenvalue weighted by Crippen LogP contribution is 2.25. The molecule has 2 atom stereocenters. The van der Waals surface area contributed by atoms with E-state index in [9.17, 15) is 0 Å². The second-order valence-corrected chi connectivity index (χ2v) is 4.02. The van der Waals surface area contributed by atoms with Crippen LogP contribution in [-0.2, 0) is 20.8 Å². The summed E-state index contributed by atoms with van der Waals surface area (Å²) in [5.74, 6) is 0.833. The van der Waals surface area contributed by atoms with E-state index >= 15 is 0 Å². The minimum Gasteiger partial charge on any atom is -0.462 e. The van der Waals surface area contributed by atoms with E-state index in [0.717, 1.165) is 11.3 Å². The Morgan fingerprint density at radius 1 is 1.18 bits per heavy atom. The maximum Gasteiger partial charge on any atom is 0.226 e. The third-order valence-corrected chi connectivity index (χ3v) is 2.53. The van der Waals surface area contributed by atoms with Crippen molar-refractivity contribution in [3.8, 4) is 5.75 Å². The first-order valence-electron chi connectivity index (χ1n) is 5.77. The molecule has 4 nitrogen and oxygen atoms in total. The zero-order valence-corrected chi connectivity index (χ0v) is 10.2. The number of methoxy groups -OCH3 is 1. The molecule has 1 aromatic carbocycles. The van der Waals surface area contributed by atoms with Gasteiger partial charge in [0.25, 0.3) is 0 Å². The smallest absolute Gasteiger partial charge is 0.226 e. The maximum absolute atomic E-state index is 5.55. The number of benzene rings is 1. The van der Waals surface area contributed by atoms with Gasteiger partial charge >= 0.3 is 0 Å². The van der Waals surface area contributed by atoms with Gasteiger partial charge in [0.2, 0.25) is 6.29 Å². The Bertz CT molecular complexity index is 336. The van der Waals surface area contributed by atoms with Gasteiger partial charge < -0.3 is 18.9 Å². The van der Waals surface area contributed by atoms with Crippen LogP contribution in [-0.4, -0.2) is 32.7 Å². The molecule has 4 heteroatoms. The van der Waals surface area contributed by atoms with Gasteiger partial charge in [0.1, 0.15) is 11.9 Å². The molecule has 0 amide bonds. The van der Waals surface area contributed by atoms with Gasteiger partial charge in [0.15, 0.2) is 0 Å². The monoisotopic (exact) mass is 238 g/mol. The van der Waals surface area contributed by atoms with Crippen molar-refractivity contribution < 1.29 is 18.9 Å². The van der Waals surface area contributed by atoms with E-state index in [-0.39, 0.29) is 12.4 Å². The SMILES string of the molecule is COCCOCc1ccc(OC2OC2C)cc1. The Hall–Kier alpha value is -1.10. The van der Waals surface area contributed by atoms with Gasteiger partial charge in [-0.25, -0.2) is 0 Å². The van der Waals surface area contributed by atoms with Crippen molar-refractivity contribution in [3.05, 3.63) is 29.8 Å². The minimum absolute atomic E-state index is 0.0706. The van der Waals surface area contributed by atoms with Crippen LogP contribution >= 0.6 is 0 Å². The zero-order valence-electron chi connectivity index (χ0n) is 10.2. The summed E-state index contributed by atoms with van der Waals surface area (Å²) in [6.07, 6.45) is 0.144. The molecule has 0 bridgehead atoms. The van der Waals surface area contributed by atoms with Crippen LogP contribution < -0.4 is 4.74 Å². The molecule has 0 saturated carbocycles. The van der Waals surface area contributed by atoms with E-state index < -0.39 is 0 Å². The lowest BCUT2D eigenvalue weighted by Crippen LogP contribution is -2.02. The molecular weight excluding hydrogens is 220 g/mol. The van der Waals surface area contributed by atoms with Crippen molar-refractivity contribution in [3.63, 3.8) is 0 Å². The van der Waals surface area contributed by atoms with Crippen molar-refractivity contribution in [2.45, 2.75) is 25.9 Å². The molecule has 1 aromatic rings. The second kappa shape index (κ2) is 6.00. The highest BCUT2D eigenvalue weighted by atomic mass is 16.8. The quantitative estimate of drug-likeness (QED) is 0.538. The largest absolute Gasteiger partial charge is 0.462 e. The molecule has 0 radical (unpaired) electrons. The number of epoxide rings is 1. The first-order valence-corrected chi connectivity index (χ1v) is 5.77. The minimum atomic E-state index is -0.0706. The summed E-state index contributed by atoms with van der Waals surface area (Å²) in [6.45, 7) is 3.82. The van der Waals surface area contributed by atoms with Gasteiger partial charge in [-0.15, -0.1) is 0 Å². The van der Waals surface area contributed by atoms with Crippen molar-refractivity contribution in [2.75, 3.05) is 20.3 Å². The van der Waals surface area contributed by atoms with E-state index in [2.05, 4.69) is 0 Å². The number of hydrogen-bond donors (Lipinski definition) is 0. The summed E-state index contributed by atoms with van der Waals surface area (Å²) in [5, 5.41) is 0. The van der Waals surface area contributed by atoms with Gasteiger partial charge in [-0.1, -0.05) is 12.1 Å². The van der Waals surface area contributed by atoms with Crippen LogP contribution in [0.25, 0.3) is 0 Å². The van der Waals surface area contributed by atoms with Crippen molar-refractivity contribution in [1.29, 1.82) is 0 Å². The van der Waals surface area contributed by atoms with Crippen LogP contribution in [0.5, 0.6) is 5.75 Å². The molecule has 1 heterocycles. The fourth-order valence-corrected chi connectivity index (χ4v) is 1.42. The van der Waals surface area contributed by atoms with Crippen molar-refractivity contribution in [2.24, 2.45) is 0 Å². The Morgan fingerprint density at radius 3 is 2.47 bits per heavy atom. The third kappa shape index (κ3) is 4.00. The van der Waals surface area contributed by atoms with Gasteiger partial charge in [-0.2, -0.15) is 0 Å². The zero-order chi connectivity index (χ0) is 12.1. The molecule has 94 valence electrons.